The van der Waals surface area contributed by atoms with Gasteiger partial charge in [-0.3, -0.25) is 4.79 Å². The summed E-state index contributed by atoms with van der Waals surface area (Å²) in [5.41, 5.74) is 4.08. The number of halogens is 2. The van der Waals surface area contributed by atoms with Crippen molar-refractivity contribution in [2.75, 3.05) is 0 Å². The van der Waals surface area contributed by atoms with Gasteiger partial charge in [-0.25, -0.2) is 9.82 Å². The van der Waals surface area contributed by atoms with Crippen molar-refractivity contribution in [2.24, 2.45) is 5.10 Å². The molecule has 2 rings (SSSR count). The Labute approximate surface area is 121 Å². The van der Waals surface area contributed by atoms with E-state index in [0.717, 1.165) is 5.56 Å². The molecule has 1 N–H and O–H groups in total. The average molecular weight is 291 g/mol. The summed E-state index contributed by atoms with van der Waals surface area (Å²) < 4.78 is 12.8. The summed E-state index contributed by atoms with van der Waals surface area (Å²) in [4.78, 5) is 11.9. The van der Waals surface area contributed by atoms with Gasteiger partial charge < -0.3 is 0 Å². The van der Waals surface area contributed by atoms with E-state index in [9.17, 15) is 9.18 Å². The largest absolute Gasteiger partial charge is 0.272 e. The SMILES string of the molecule is C/C(=N\NC(=O)c1ccccc1Cl)c1ccc(F)cc1. The third-order valence-corrected chi connectivity index (χ3v) is 3.04. The average Bonchev–Trinajstić information content (AvgIpc) is 2.45. The number of benzene rings is 2. The Morgan fingerprint density at radius 3 is 2.45 bits per heavy atom. The van der Waals surface area contributed by atoms with Gasteiger partial charge in [0.15, 0.2) is 0 Å². The zero-order valence-corrected chi connectivity index (χ0v) is 11.5. The molecule has 0 atom stereocenters. The first-order chi connectivity index (χ1) is 9.58. The molecule has 0 fully saturated rings. The first kappa shape index (κ1) is 14.2. The summed E-state index contributed by atoms with van der Waals surface area (Å²) in [5, 5.41) is 4.34. The van der Waals surface area contributed by atoms with Crippen LogP contribution in [0.1, 0.15) is 22.8 Å². The van der Waals surface area contributed by atoms with Crippen molar-refractivity contribution in [3.05, 3.63) is 70.5 Å². The highest BCUT2D eigenvalue weighted by Crippen LogP contribution is 2.14. The maximum Gasteiger partial charge on any atom is 0.272 e. The van der Waals surface area contributed by atoms with Gasteiger partial charge in [0, 0.05) is 0 Å². The normalized spacial score (nSPS) is 11.2. The number of carbonyl (C=O) groups is 1. The van der Waals surface area contributed by atoms with Crippen LogP contribution in [0.5, 0.6) is 0 Å². The molecular weight excluding hydrogens is 279 g/mol. The van der Waals surface area contributed by atoms with Gasteiger partial charge in [-0.2, -0.15) is 5.10 Å². The van der Waals surface area contributed by atoms with Crippen LogP contribution in [0.25, 0.3) is 0 Å². The van der Waals surface area contributed by atoms with E-state index in [1.807, 2.05) is 0 Å². The molecule has 0 aliphatic carbocycles. The molecule has 2 aromatic rings. The van der Waals surface area contributed by atoms with Crippen molar-refractivity contribution in [3.63, 3.8) is 0 Å². The van der Waals surface area contributed by atoms with Crippen LogP contribution in [-0.2, 0) is 0 Å². The molecule has 3 nitrogen and oxygen atoms in total. The first-order valence-corrected chi connectivity index (χ1v) is 6.31. The van der Waals surface area contributed by atoms with Crippen LogP contribution in [0.3, 0.4) is 0 Å². The lowest BCUT2D eigenvalue weighted by Gasteiger charge is -2.04. The predicted molar refractivity (Wildman–Crippen MR) is 77.5 cm³/mol. The Balaban J connectivity index is 2.11. The van der Waals surface area contributed by atoms with Crippen LogP contribution in [-0.4, -0.2) is 11.6 Å². The smallest absolute Gasteiger partial charge is 0.267 e. The Morgan fingerprint density at radius 2 is 1.80 bits per heavy atom. The second-order valence-electron chi connectivity index (χ2n) is 4.12. The third-order valence-electron chi connectivity index (χ3n) is 2.71. The Morgan fingerprint density at radius 1 is 1.15 bits per heavy atom. The predicted octanol–water partition coefficient (Wildman–Crippen LogP) is 3.63. The first-order valence-electron chi connectivity index (χ1n) is 5.93. The van der Waals surface area contributed by atoms with Crippen molar-refractivity contribution in [1.29, 1.82) is 0 Å². The number of nitrogens with one attached hydrogen (secondary N) is 1. The van der Waals surface area contributed by atoms with Crippen LogP contribution in [0.15, 0.2) is 53.6 Å². The number of nitrogens with zero attached hydrogens (tertiary/aromatic N) is 1. The van der Waals surface area contributed by atoms with Gasteiger partial charge in [0.25, 0.3) is 5.91 Å². The molecule has 102 valence electrons. The van der Waals surface area contributed by atoms with E-state index >= 15 is 0 Å². The number of hydrogen-bond acceptors (Lipinski definition) is 2. The number of hydrogen-bond donors (Lipinski definition) is 1. The van der Waals surface area contributed by atoms with Gasteiger partial charge >= 0.3 is 0 Å². The molecule has 0 aliphatic rings. The molecule has 20 heavy (non-hydrogen) atoms. The van der Waals surface area contributed by atoms with Crippen LogP contribution < -0.4 is 5.43 Å². The van der Waals surface area contributed by atoms with Gasteiger partial charge in [0.05, 0.1) is 16.3 Å². The summed E-state index contributed by atoms with van der Waals surface area (Å²) in [5.74, 6) is -0.710. The highest BCUT2D eigenvalue weighted by molar-refractivity contribution is 6.33. The summed E-state index contributed by atoms with van der Waals surface area (Å²) in [6, 6.07) is 12.6. The minimum Gasteiger partial charge on any atom is -0.267 e. The van der Waals surface area contributed by atoms with Crippen molar-refractivity contribution >= 4 is 23.2 Å². The van der Waals surface area contributed by atoms with Crippen molar-refractivity contribution in [1.82, 2.24) is 5.43 Å². The molecule has 0 radical (unpaired) electrons. The molecule has 1 amide bonds. The third kappa shape index (κ3) is 3.42. The summed E-state index contributed by atoms with van der Waals surface area (Å²) in [6.45, 7) is 1.72. The fraction of sp³-hybridized carbons (Fsp3) is 0.0667. The number of carbonyl (C=O) groups excluding carboxylic acids is 1. The van der Waals surface area contributed by atoms with Crippen molar-refractivity contribution in [3.8, 4) is 0 Å². The molecule has 0 aliphatic heterocycles. The van der Waals surface area contributed by atoms with E-state index < -0.39 is 5.91 Å². The molecular formula is C15H12ClFN2O. The second-order valence-corrected chi connectivity index (χ2v) is 4.53. The summed E-state index contributed by atoms with van der Waals surface area (Å²) in [7, 11) is 0. The maximum absolute atomic E-state index is 12.8. The fourth-order valence-electron chi connectivity index (χ4n) is 1.60. The molecule has 0 unspecified atom stereocenters. The minimum absolute atomic E-state index is 0.318. The minimum atomic E-state index is -0.392. The highest BCUT2D eigenvalue weighted by Gasteiger charge is 2.08. The van der Waals surface area contributed by atoms with Gasteiger partial charge in [0.1, 0.15) is 5.82 Å². The summed E-state index contributed by atoms with van der Waals surface area (Å²) >= 11 is 5.92. The molecule has 2 aromatic carbocycles. The maximum atomic E-state index is 12.8. The highest BCUT2D eigenvalue weighted by atomic mass is 35.5. The summed E-state index contributed by atoms with van der Waals surface area (Å²) in [6.07, 6.45) is 0. The van der Waals surface area contributed by atoms with E-state index in [-0.39, 0.29) is 5.82 Å². The van der Waals surface area contributed by atoms with E-state index in [1.54, 1.807) is 43.3 Å². The molecule has 0 saturated carbocycles. The van der Waals surface area contributed by atoms with Crippen LogP contribution in [0, 0.1) is 5.82 Å². The molecule has 5 heteroatoms. The Hall–Kier alpha value is -2.20. The van der Waals surface area contributed by atoms with Gasteiger partial charge in [-0.05, 0) is 36.8 Å². The Bertz CT molecular complexity index is 653. The fourth-order valence-corrected chi connectivity index (χ4v) is 1.82. The van der Waals surface area contributed by atoms with E-state index in [1.165, 1.54) is 12.1 Å². The molecule has 0 saturated heterocycles. The van der Waals surface area contributed by atoms with Crippen LogP contribution in [0.4, 0.5) is 4.39 Å². The number of amides is 1. The topological polar surface area (TPSA) is 41.5 Å². The lowest BCUT2D eigenvalue weighted by Crippen LogP contribution is -2.19. The molecule has 0 bridgehead atoms. The Kier molecular flexibility index (Phi) is 4.48. The van der Waals surface area contributed by atoms with Gasteiger partial charge in [-0.15, -0.1) is 0 Å². The van der Waals surface area contributed by atoms with E-state index in [2.05, 4.69) is 10.5 Å². The molecule has 0 spiro atoms. The molecule has 0 heterocycles. The number of hydrazone groups is 1. The standard InChI is InChI=1S/C15H12ClFN2O/c1-10(11-6-8-12(17)9-7-11)18-19-15(20)13-4-2-3-5-14(13)16/h2-9H,1H3,(H,19,20)/b18-10+. The van der Waals surface area contributed by atoms with Crippen molar-refractivity contribution < 1.29 is 9.18 Å². The van der Waals surface area contributed by atoms with Gasteiger partial charge in [-0.1, -0.05) is 35.9 Å². The lowest BCUT2D eigenvalue weighted by atomic mass is 10.1. The van der Waals surface area contributed by atoms with Crippen LogP contribution in [0.2, 0.25) is 5.02 Å². The van der Waals surface area contributed by atoms with Crippen molar-refractivity contribution in [2.45, 2.75) is 6.92 Å². The van der Waals surface area contributed by atoms with Crippen LogP contribution >= 0.6 is 11.6 Å². The zero-order valence-electron chi connectivity index (χ0n) is 10.7. The van der Waals surface area contributed by atoms with Gasteiger partial charge in [0.2, 0.25) is 0 Å². The second kappa shape index (κ2) is 6.30. The quantitative estimate of drug-likeness (QED) is 0.680. The van der Waals surface area contributed by atoms with E-state index in [0.29, 0.717) is 16.3 Å². The number of rotatable bonds is 3. The monoisotopic (exact) mass is 290 g/mol. The van der Waals surface area contributed by atoms with E-state index in [4.69, 9.17) is 11.6 Å². The zero-order chi connectivity index (χ0) is 14.5. The molecule has 0 aromatic heterocycles. The lowest BCUT2D eigenvalue weighted by molar-refractivity contribution is 0.0955.